The van der Waals surface area contributed by atoms with Crippen LogP contribution in [-0.4, -0.2) is 26.3 Å². The average molecular weight is 363 g/mol. The van der Waals surface area contributed by atoms with Crippen molar-refractivity contribution in [2.45, 2.75) is 23.6 Å². The molecule has 6 nitrogen and oxygen atoms in total. The average Bonchev–Trinajstić information content (AvgIpc) is 3.20. The van der Waals surface area contributed by atoms with Crippen LogP contribution in [-0.2, 0) is 12.3 Å². The number of hydrogen-bond acceptors (Lipinski definition) is 8. The molecule has 0 unspecified atom stereocenters. The first kappa shape index (κ1) is 16.0. The SMILES string of the molecule is Cc1nnc(SCc2nnc(C(=O)NCc3ccccc3)s2)s1. The molecular formula is C14H13N5OS3. The minimum Gasteiger partial charge on any atom is -0.346 e. The lowest BCUT2D eigenvalue weighted by Crippen LogP contribution is -2.22. The topological polar surface area (TPSA) is 80.7 Å². The molecular weight excluding hydrogens is 350 g/mol. The van der Waals surface area contributed by atoms with Gasteiger partial charge in [-0.3, -0.25) is 4.79 Å². The largest absolute Gasteiger partial charge is 0.346 e. The van der Waals surface area contributed by atoms with Crippen LogP contribution in [0.15, 0.2) is 34.7 Å². The maximum Gasteiger partial charge on any atom is 0.282 e. The van der Waals surface area contributed by atoms with Gasteiger partial charge in [0, 0.05) is 6.54 Å². The fraction of sp³-hybridized carbons (Fsp3) is 0.214. The Bertz CT molecular complexity index is 787. The van der Waals surface area contributed by atoms with Crippen molar-refractivity contribution in [3.8, 4) is 0 Å². The van der Waals surface area contributed by atoms with Gasteiger partial charge < -0.3 is 5.32 Å². The van der Waals surface area contributed by atoms with Gasteiger partial charge >= 0.3 is 0 Å². The highest BCUT2D eigenvalue weighted by molar-refractivity contribution is 8.00. The molecule has 3 rings (SSSR count). The molecule has 0 fully saturated rings. The molecule has 0 saturated carbocycles. The van der Waals surface area contributed by atoms with Crippen LogP contribution in [0.3, 0.4) is 0 Å². The zero-order valence-corrected chi connectivity index (χ0v) is 14.7. The first-order valence-electron chi connectivity index (χ1n) is 6.78. The molecule has 1 aromatic carbocycles. The molecule has 1 amide bonds. The van der Waals surface area contributed by atoms with E-state index in [-0.39, 0.29) is 5.91 Å². The molecule has 0 saturated heterocycles. The second-order valence-corrected chi connectivity index (χ2v) is 8.01. The first-order valence-corrected chi connectivity index (χ1v) is 9.40. The maximum atomic E-state index is 12.1. The number of hydrogen-bond donors (Lipinski definition) is 1. The van der Waals surface area contributed by atoms with Crippen LogP contribution in [0.25, 0.3) is 0 Å². The normalized spacial score (nSPS) is 10.7. The number of aromatic nitrogens is 4. The highest BCUT2D eigenvalue weighted by Gasteiger charge is 2.13. The number of rotatable bonds is 6. The number of aryl methyl sites for hydroxylation is 1. The van der Waals surface area contributed by atoms with Crippen LogP contribution < -0.4 is 5.32 Å². The molecule has 118 valence electrons. The van der Waals surface area contributed by atoms with E-state index in [4.69, 9.17) is 0 Å². The van der Waals surface area contributed by atoms with E-state index in [9.17, 15) is 4.79 Å². The van der Waals surface area contributed by atoms with Crippen molar-refractivity contribution in [2.75, 3.05) is 0 Å². The number of nitrogens with one attached hydrogen (secondary N) is 1. The second kappa shape index (κ2) is 7.62. The summed E-state index contributed by atoms with van der Waals surface area (Å²) in [6.07, 6.45) is 0. The third-order valence-corrected chi connectivity index (χ3v) is 5.87. The Balaban J connectivity index is 1.52. The Morgan fingerprint density at radius 2 is 1.96 bits per heavy atom. The predicted octanol–water partition coefficient (Wildman–Crippen LogP) is 2.92. The third-order valence-electron chi connectivity index (χ3n) is 2.78. The van der Waals surface area contributed by atoms with Crippen molar-refractivity contribution >= 4 is 40.3 Å². The summed E-state index contributed by atoms with van der Waals surface area (Å²) in [7, 11) is 0. The van der Waals surface area contributed by atoms with Gasteiger partial charge in [0.15, 0.2) is 4.34 Å². The molecule has 9 heteroatoms. The van der Waals surface area contributed by atoms with Crippen LogP contribution in [0, 0.1) is 6.92 Å². The Labute approximate surface area is 145 Å². The zero-order chi connectivity index (χ0) is 16.1. The minimum atomic E-state index is -0.200. The van der Waals surface area contributed by atoms with E-state index in [1.165, 1.54) is 11.3 Å². The van der Waals surface area contributed by atoms with E-state index in [0.717, 1.165) is 19.9 Å². The van der Waals surface area contributed by atoms with Crippen LogP contribution in [0.5, 0.6) is 0 Å². The van der Waals surface area contributed by atoms with Gasteiger partial charge in [0.25, 0.3) is 5.91 Å². The quantitative estimate of drug-likeness (QED) is 0.678. The van der Waals surface area contributed by atoms with Crippen molar-refractivity contribution in [1.82, 2.24) is 25.7 Å². The summed E-state index contributed by atoms with van der Waals surface area (Å²) in [5.74, 6) is 0.438. The van der Waals surface area contributed by atoms with Crippen molar-refractivity contribution in [3.63, 3.8) is 0 Å². The van der Waals surface area contributed by atoms with Crippen LogP contribution in [0.2, 0.25) is 0 Å². The fourth-order valence-electron chi connectivity index (χ4n) is 1.72. The van der Waals surface area contributed by atoms with Crippen molar-refractivity contribution in [2.24, 2.45) is 0 Å². The molecule has 0 radical (unpaired) electrons. The number of thioether (sulfide) groups is 1. The zero-order valence-electron chi connectivity index (χ0n) is 12.2. The number of nitrogens with zero attached hydrogens (tertiary/aromatic N) is 4. The van der Waals surface area contributed by atoms with Gasteiger partial charge in [-0.05, 0) is 12.5 Å². The third kappa shape index (κ3) is 4.57. The number of carbonyl (C=O) groups excluding carboxylic acids is 1. The van der Waals surface area contributed by atoms with Crippen molar-refractivity contribution < 1.29 is 4.79 Å². The van der Waals surface area contributed by atoms with Crippen molar-refractivity contribution in [3.05, 3.63) is 50.9 Å². The van der Waals surface area contributed by atoms with Crippen LogP contribution in [0.1, 0.15) is 25.4 Å². The maximum absolute atomic E-state index is 12.1. The summed E-state index contributed by atoms with van der Waals surface area (Å²) in [6, 6.07) is 9.76. The van der Waals surface area contributed by atoms with E-state index in [1.807, 2.05) is 37.3 Å². The van der Waals surface area contributed by atoms with Gasteiger partial charge in [0.2, 0.25) is 5.01 Å². The number of amides is 1. The summed E-state index contributed by atoms with van der Waals surface area (Å²) < 4.78 is 0.896. The summed E-state index contributed by atoms with van der Waals surface area (Å²) >= 11 is 4.40. The van der Waals surface area contributed by atoms with Crippen LogP contribution in [0.4, 0.5) is 0 Å². The molecule has 0 bridgehead atoms. The molecule has 2 aromatic heterocycles. The van der Waals surface area contributed by atoms with E-state index in [0.29, 0.717) is 17.3 Å². The lowest BCUT2D eigenvalue weighted by atomic mass is 10.2. The molecule has 0 aliphatic carbocycles. The van der Waals surface area contributed by atoms with Gasteiger partial charge in [0.1, 0.15) is 10.0 Å². The summed E-state index contributed by atoms with van der Waals surface area (Å²) in [5, 5.41) is 21.0. The first-order chi connectivity index (χ1) is 11.2. The van der Waals surface area contributed by atoms with Gasteiger partial charge in [0.05, 0.1) is 5.75 Å². The summed E-state index contributed by atoms with van der Waals surface area (Å²) in [5.41, 5.74) is 1.05. The van der Waals surface area contributed by atoms with E-state index >= 15 is 0 Å². The Kier molecular flexibility index (Phi) is 5.31. The molecule has 0 aliphatic rings. The molecule has 0 aliphatic heterocycles. The summed E-state index contributed by atoms with van der Waals surface area (Å²) in [4.78, 5) is 12.1. The van der Waals surface area contributed by atoms with E-state index < -0.39 is 0 Å². The molecule has 23 heavy (non-hydrogen) atoms. The molecule has 2 heterocycles. The highest BCUT2D eigenvalue weighted by Crippen LogP contribution is 2.26. The fourth-order valence-corrected chi connectivity index (χ4v) is 4.28. The highest BCUT2D eigenvalue weighted by atomic mass is 32.2. The molecule has 0 spiro atoms. The number of benzene rings is 1. The Morgan fingerprint density at radius 1 is 1.13 bits per heavy atom. The second-order valence-electron chi connectivity index (χ2n) is 4.54. The molecule has 0 atom stereocenters. The standard InChI is InChI=1S/C14H13N5OS3/c1-9-16-19-14(22-9)21-8-11-17-18-13(23-11)12(20)15-7-10-5-3-2-4-6-10/h2-6H,7-8H2,1H3,(H,15,20). The summed E-state index contributed by atoms with van der Waals surface area (Å²) in [6.45, 7) is 2.40. The lowest BCUT2D eigenvalue weighted by Gasteiger charge is -2.01. The molecule has 3 aromatic rings. The Hall–Kier alpha value is -1.84. The van der Waals surface area contributed by atoms with Gasteiger partial charge in [-0.25, -0.2) is 0 Å². The van der Waals surface area contributed by atoms with Crippen molar-refractivity contribution in [1.29, 1.82) is 0 Å². The molecule has 1 N–H and O–H groups in total. The minimum absolute atomic E-state index is 0.200. The number of carbonyl (C=O) groups is 1. The van der Waals surface area contributed by atoms with Gasteiger partial charge in [-0.1, -0.05) is 64.8 Å². The smallest absolute Gasteiger partial charge is 0.282 e. The van der Waals surface area contributed by atoms with Crippen LogP contribution >= 0.6 is 34.4 Å². The van der Waals surface area contributed by atoms with Gasteiger partial charge in [-0.15, -0.1) is 20.4 Å². The lowest BCUT2D eigenvalue weighted by molar-refractivity contribution is 0.0950. The predicted molar refractivity (Wildman–Crippen MR) is 91.7 cm³/mol. The van der Waals surface area contributed by atoms with E-state index in [2.05, 4.69) is 25.7 Å². The monoisotopic (exact) mass is 363 g/mol. The van der Waals surface area contributed by atoms with Gasteiger partial charge in [-0.2, -0.15) is 0 Å². The van der Waals surface area contributed by atoms with E-state index in [1.54, 1.807) is 23.1 Å². The Morgan fingerprint density at radius 3 is 2.70 bits per heavy atom.